The SMILES string of the molecule is C=CC(C)(O)CCC=C(C)CCC=C(C)C(=O)CC=C(C)C. The molecule has 0 saturated heterocycles. The van der Waals surface area contributed by atoms with Crippen LogP contribution in [0.5, 0.6) is 0 Å². The van der Waals surface area contributed by atoms with Crippen LogP contribution in [0.2, 0.25) is 0 Å². The van der Waals surface area contributed by atoms with Gasteiger partial charge < -0.3 is 5.11 Å². The molecule has 0 bridgehead atoms. The molecule has 2 heteroatoms. The zero-order valence-electron chi connectivity index (χ0n) is 14.9. The topological polar surface area (TPSA) is 37.3 Å². The maximum Gasteiger partial charge on any atom is 0.162 e. The lowest BCUT2D eigenvalue weighted by molar-refractivity contribution is -0.114. The van der Waals surface area contributed by atoms with Crippen LogP contribution < -0.4 is 0 Å². The van der Waals surface area contributed by atoms with Gasteiger partial charge in [-0.3, -0.25) is 4.79 Å². The predicted octanol–water partition coefficient (Wildman–Crippen LogP) is 5.30. The van der Waals surface area contributed by atoms with Crippen LogP contribution in [0.15, 0.2) is 47.6 Å². The molecule has 1 unspecified atom stereocenters. The van der Waals surface area contributed by atoms with Crippen molar-refractivity contribution in [3.63, 3.8) is 0 Å². The summed E-state index contributed by atoms with van der Waals surface area (Å²) in [5.74, 6) is 0.199. The Labute approximate surface area is 136 Å². The van der Waals surface area contributed by atoms with E-state index in [-0.39, 0.29) is 5.78 Å². The fraction of sp³-hybridized carbons (Fsp3) is 0.550. The average molecular weight is 304 g/mol. The number of rotatable bonds is 10. The lowest BCUT2D eigenvalue weighted by Gasteiger charge is -2.16. The monoisotopic (exact) mass is 304 g/mol. The van der Waals surface area contributed by atoms with Gasteiger partial charge in [0.2, 0.25) is 0 Å². The second-order valence-electron chi connectivity index (χ2n) is 6.49. The molecule has 0 aromatic carbocycles. The molecule has 124 valence electrons. The van der Waals surface area contributed by atoms with E-state index in [0.29, 0.717) is 12.8 Å². The smallest absolute Gasteiger partial charge is 0.162 e. The standard InChI is InChI=1S/C20H32O2/c1-7-20(6,22)15-9-11-17(4)10-8-12-18(5)19(21)14-13-16(2)3/h7,11-13,22H,1,8-10,14-15H2,2-6H3. The molecule has 0 spiro atoms. The third kappa shape index (κ3) is 10.3. The van der Waals surface area contributed by atoms with Crippen molar-refractivity contribution in [1.29, 1.82) is 0 Å². The molecule has 22 heavy (non-hydrogen) atoms. The first kappa shape index (κ1) is 20.6. The Morgan fingerprint density at radius 3 is 2.27 bits per heavy atom. The van der Waals surface area contributed by atoms with E-state index in [4.69, 9.17) is 0 Å². The van der Waals surface area contributed by atoms with E-state index in [2.05, 4.69) is 19.6 Å². The number of carbonyl (C=O) groups excluding carboxylic acids is 1. The Morgan fingerprint density at radius 1 is 1.09 bits per heavy atom. The Hall–Kier alpha value is -1.41. The highest BCUT2D eigenvalue weighted by atomic mass is 16.3. The van der Waals surface area contributed by atoms with Crippen molar-refractivity contribution in [2.75, 3.05) is 0 Å². The number of ketones is 1. The van der Waals surface area contributed by atoms with E-state index in [0.717, 1.165) is 24.8 Å². The molecule has 1 atom stereocenters. The van der Waals surface area contributed by atoms with Crippen molar-refractivity contribution in [3.05, 3.63) is 47.6 Å². The molecule has 0 saturated carbocycles. The molecule has 1 N–H and O–H groups in total. The summed E-state index contributed by atoms with van der Waals surface area (Å²) in [6.07, 6.45) is 11.6. The normalized spacial score (nSPS) is 15.2. The van der Waals surface area contributed by atoms with Gasteiger partial charge in [0.25, 0.3) is 0 Å². The van der Waals surface area contributed by atoms with Gasteiger partial charge >= 0.3 is 0 Å². The van der Waals surface area contributed by atoms with Gasteiger partial charge in [0.05, 0.1) is 5.60 Å². The fourth-order valence-electron chi connectivity index (χ4n) is 1.90. The van der Waals surface area contributed by atoms with Crippen molar-refractivity contribution in [2.24, 2.45) is 0 Å². The Morgan fingerprint density at radius 2 is 1.73 bits per heavy atom. The van der Waals surface area contributed by atoms with Crippen molar-refractivity contribution >= 4 is 5.78 Å². The van der Waals surface area contributed by atoms with Gasteiger partial charge in [-0.1, -0.05) is 35.5 Å². The van der Waals surface area contributed by atoms with Crippen LogP contribution in [0.1, 0.15) is 66.7 Å². The van der Waals surface area contributed by atoms with Crippen LogP contribution in [0.4, 0.5) is 0 Å². The third-order valence-corrected chi connectivity index (χ3v) is 3.71. The van der Waals surface area contributed by atoms with Crippen molar-refractivity contribution < 1.29 is 9.90 Å². The first-order valence-electron chi connectivity index (χ1n) is 8.03. The summed E-state index contributed by atoms with van der Waals surface area (Å²) >= 11 is 0. The molecule has 0 radical (unpaired) electrons. The highest BCUT2D eigenvalue weighted by Gasteiger charge is 2.13. The molecule has 0 rings (SSSR count). The zero-order valence-corrected chi connectivity index (χ0v) is 14.9. The van der Waals surface area contributed by atoms with Crippen LogP contribution >= 0.6 is 0 Å². The number of aliphatic hydroxyl groups is 1. The molecule has 0 heterocycles. The van der Waals surface area contributed by atoms with Crippen molar-refractivity contribution in [2.45, 2.75) is 72.3 Å². The second kappa shape index (κ2) is 10.3. The van der Waals surface area contributed by atoms with E-state index >= 15 is 0 Å². The minimum atomic E-state index is -0.787. The average Bonchev–Trinajstić information content (AvgIpc) is 2.44. The van der Waals surface area contributed by atoms with Crippen LogP contribution in [0, 0.1) is 0 Å². The summed E-state index contributed by atoms with van der Waals surface area (Å²) in [5, 5.41) is 9.84. The van der Waals surface area contributed by atoms with E-state index in [9.17, 15) is 9.90 Å². The third-order valence-electron chi connectivity index (χ3n) is 3.71. The lowest BCUT2D eigenvalue weighted by Crippen LogP contribution is -2.19. The molecule has 0 aliphatic rings. The summed E-state index contributed by atoms with van der Waals surface area (Å²) in [6, 6.07) is 0. The number of hydrogen-bond acceptors (Lipinski definition) is 2. The summed E-state index contributed by atoms with van der Waals surface area (Å²) in [7, 11) is 0. The molecule has 0 amide bonds. The van der Waals surface area contributed by atoms with Gasteiger partial charge in [0, 0.05) is 6.42 Å². The van der Waals surface area contributed by atoms with Gasteiger partial charge in [-0.05, 0) is 65.9 Å². The van der Waals surface area contributed by atoms with Crippen molar-refractivity contribution in [3.8, 4) is 0 Å². The van der Waals surface area contributed by atoms with Gasteiger partial charge in [0.1, 0.15) is 0 Å². The maximum atomic E-state index is 11.9. The number of carbonyl (C=O) groups is 1. The van der Waals surface area contributed by atoms with E-state index in [1.165, 1.54) is 11.1 Å². The molecular formula is C20H32O2. The minimum Gasteiger partial charge on any atom is -0.386 e. The number of allylic oxidation sites excluding steroid dienone is 6. The minimum absolute atomic E-state index is 0.199. The second-order valence-corrected chi connectivity index (χ2v) is 6.49. The Balaban J connectivity index is 4.21. The van der Waals surface area contributed by atoms with Gasteiger partial charge in [0.15, 0.2) is 5.78 Å². The molecule has 0 aliphatic heterocycles. The molecular weight excluding hydrogens is 272 g/mol. The van der Waals surface area contributed by atoms with E-state index in [1.807, 2.05) is 32.9 Å². The largest absolute Gasteiger partial charge is 0.386 e. The summed E-state index contributed by atoms with van der Waals surface area (Å²) in [6.45, 7) is 13.4. The highest BCUT2D eigenvalue weighted by Crippen LogP contribution is 2.16. The molecule has 0 aliphatic carbocycles. The van der Waals surface area contributed by atoms with Crippen LogP contribution in [0.3, 0.4) is 0 Å². The summed E-state index contributed by atoms with van der Waals surface area (Å²) in [4.78, 5) is 11.9. The fourth-order valence-corrected chi connectivity index (χ4v) is 1.90. The van der Waals surface area contributed by atoms with E-state index in [1.54, 1.807) is 13.0 Å². The van der Waals surface area contributed by atoms with Crippen LogP contribution in [-0.2, 0) is 4.79 Å². The zero-order chi connectivity index (χ0) is 17.2. The molecule has 0 aromatic rings. The number of hydrogen-bond donors (Lipinski definition) is 1. The first-order valence-corrected chi connectivity index (χ1v) is 8.03. The summed E-state index contributed by atoms with van der Waals surface area (Å²) in [5.41, 5.74) is 2.53. The Kier molecular flexibility index (Phi) is 9.68. The van der Waals surface area contributed by atoms with E-state index < -0.39 is 5.60 Å². The lowest BCUT2D eigenvalue weighted by atomic mass is 9.99. The van der Waals surface area contributed by atoms with Gasteiger partial charge in [-0.2, -0.15) is 0 Å². The quantitative estimate of drug-likeness (QED) is 0.439. The Bertz CT molecular complexity index is 458. The number of Topliss-reactive ketones (excluding diaryl/α,β-unsaturated/α-hetero) is 1. The van der Waals surface area contributed by atoms with Gasteiger partial charge in [-0.25, -0.2) is 0 Å². The molecule has 2 nitrogen and oxygen atoms in total. The van der Waals surface area contributed by atoms with Crippen LogP contribution in [0.25, 0.3) is 0 Å². The molecule has 0 aromatic heterocycles. The first-order chi connectivity index (χ1) is 10.2. The molecule has 0 fully saturated rings. The van der Waals surface area contributed by atoms with Crippen LogP contribution in [-0.4, -0.2) is 16.5 Å². The van der Waals surface area contributed by atoms with Crippen molar-refractivity contribution in [1.82, 2.24) is 0 Å². The predicted molar refractivity (Wildman–Crippen MR) is 95.9 cm³/mol. The summed E-state index contributed by atoms with van der Waals surface area (Å²) < 4.78 is 0. The van der Waals surface area contributed by atoms with Gasteiger partial charge in [-0.15, -0.1) is 6.58 Å². The highest BCUT2D eigenvalue weighted by molar-refractivity contribution is 5.95. The maximum absolute atomic E-state index is 11.9.